The number of Topliss-reactive ketones (excluding diaryl/α,β-unsaturated/α-hetero) is 1. The lowest BCUT2D eigenvalue weighted by molar-refractivity contribution is -0.294. The monoisotopic (exact) mass is 1100 g/mol. The van der Waals surface area contributed by atoms with E-state index in [9.17, 15) is 34.8 Å². The Balaban J connectivity index is 0.905. The molecule has 0 unspecified atom stereocenters. The average molecular weight is 1100 g/mol. The number of aromatic carboxylic acids is 1. The number of nitrogens with one attached hydrogen (secondary N) is 1. The lowest BCUT2D eigenvalue weighted by atomic mass is 10.0. The van der Waals surface area contributed by atoms with Gasteiger partial charge >= 0.3 is 5.97 Å². The first-order valence-corrected chi connectivity index (χ1v) is 26.3. The summed E-state index contributed by atoms with van der Waals surface area (Å²) in [7, 11) is 0. The topological polar surface area (TPSA) is 292 Å². The number of rotatable bonds is 52. The first-order chi connectivity index (χ1) is 37.7. The van der Waals surface area contributed by atoms with Crippen molar-refractivity contribution in [1.82, 2.24) is 5.32 Å². The molecule has 3 rings (SSSR count). The molecule has 0 bridgehead atoms. The third-order valence-electron chi connectivity index (χ3n) is 10.9. The summed E-state index contributed by atoms with van der Waals surface area (Å²) < 4.78 is 87.7. The predicted molar refractivity (Wildman–Crippen MR) is 275 cm³/mol. The molecule has 5 N–H and O–H groups in total. The van der Waals surface area contributed by atoms with Crippen molar-refractivity contribution >= 4 is 17.7 Å². The molecule has 5 atom stereocenters. The lowest BCUT2D eigenvalue weighted by Crippen LogP contribution is -2.57. The second kappa shape index (κ2) is 45.9. The number of aliphatic hydroxyl groups is 3. The van der Waals surface area contributed by atoms with Gasteiger partial charge in [-0.15, -0.1) is 0 Å². The number of amides is 1. The highest BCUT2D eigenvalue weighted by Gasteiger charge is 2.42. The van der Waals surface area contributed by atoms with Crippen LogP contribution in [0.1, 0.15) is 36.5 Å². The highest BCUT2D eigenvalue weighted by molar-refractivity contribution is 5.89. The van der Waals surface area contributed by atoms with Gasteiger partial charge in [0, 0.05) is 26.0 Å². The van der Waals surface area contributed by atoms with E-state index in [0.29, 0.717) is 177 Å². The fourth-order valence-corrected chi connectivity index (χ4v) is 6.70. The number of ether oxygens (including phenoxy) is 16. The average Bonchev–Trinajstić information content (AvgIpc) is 3.43. The normalized spacial score (nSPS) is 17.4. The van der Waals surface area contributed by atoms with Crippen molar-refractivity contribution in [2.24, 2.45) is 0 Å². The summed E-state index contributed by atoms with van der Waals surface area (Å²) in [6, 6.07) is 13.9. The molecule has 0 radical (unpaired) electrons. The second-order valence-corrected chi connectivity index (χ2v) is 17.0. The molecule has 0 aliphatic carbocycles. The molecule has 1 heterocycles. The molecule has 24 nitrogen and oxygen atoms in total. The van der Waals surface area contributed by atoms with Crippen molar-refractivity contribution in [3.63, 3.8) is 0 Å². The van der Waals surface area contributed by atoms with Crippen molar-refractivity contribution in [3.8, 4) is 16.9 Å². The standard InChI is InChI=1S/C53H85NO23/c1-42-49(57)50(58)51(59)53(77-42)75-39-38-64-15-12-54-48(56)11-14-63-17-19-66-21-23-68-25-27-70-29-31-72-33-35-74-37-36-73-34-32-71-30-28-69-26-24-67-22-20-65-18-16-62-13-3-6-46(55)41-76-47-9-7-43(8-10-47)44-4-2-5-45(40-44)52(60)61/h2,4-5,7-10,40,42,49-51,53,57-59H,3,6,11-39,41H2,1H3,(H,54,56)(H,60,61)/t42-,49-,50+,51+,53+/m0/s1. The van der Waals surface area contributed by atoms with Gasteiger partial charge in [-0.25, -0.2) is 4.79 Å². The molecular formula is C53H85NO23. The largest absolute Gasteiger partial charge is 0.486 e. The molecule has 1 fully saturated rings. The summed E-state index contributed by atoms with van der Waals surface area (Å²) in [5.41, 5.74) is 1.86. The Labute approximate surface area is 451 Å². The minimum absolute atomic E-state index is 0.0258. The van der Waals surface area contributed by atoms with Crippen LogP contribution in [-0.4, -0.2) is 260 Å². The maximum atomic E-state index is 12.2. The Bertz CT molecular complexity index is 1760. The van der Waals surface area contributed by atoms with Crippen molar-refractivity contribution < 1.29 is 111 Å². The van der Waals surface area contributed by atoms with Crippen LogP contribution in [0, 0.1) is 0 Å². The lowest BCUT2D eigenvalue weighted by Gasteiger charge is -2.38. The van der Waals surface area contributed by atoms with Crippen LogP contribution in [0.4, 0.5) is 0 Å². The zero-order valence-corrected chi connectivity index (χ0v) is 44.7. The van der Waals surface area contributed by atoms with Crippen molar-refractivity contribution in [2.45, 2.75) is 56.9 Å². The molecule has 1 amide bonds. The van der Waals surface area contributed by atoms with Gasteiger partial charge in [-0.3, -0.25) is 9.59 Å². The Morgan fingerprint density at radius 2 is 0.909 bits per heavy atom. The van der Waals surface area contributed by atoms with Crippen molar-refractivity contribution in [3.05, 3.63) is 54.1 Å². The molecular weight excluding hydrogens is 1020 g/mol. The van der Waals surface area contributed by atoms with Gasteiger partial charge in [0.05, 0.1) is 183 Å². The summed E-state index contributed by atoms with van der Waals surface area (Å²) in [5.74, 6) is -0.612. The number of carboxylic acids is 1. The zero-order valence-electron chi connectivity index (χ0n) is 44.7. The molecule has 0 aromatic heterocycles. The van der Waals surface area contributed by atoms with Gasteiger partial charge < -0.3 is 102 Å². The maximum Gasteiger partial charge on any atom is 0.335 e. The molecule has 0 spiro atoms. The van der Waals surface area contributed by atoms with E-state index < -0.39 is 36.7 Å². The Morgan fingerprint density at radius 3 is 1.38 bits per heavy atom. The van der Waals surface area contributed by atoms with Crippen molar-refractivity contribution in [1.29, 1.82) is 0 Å². The first kappa shape index (κ1) is 67.4. The predicted octanol–water partition coefficient (Wildman–Crippen LogP) is 1.35. The van der Waals surface area contributed by atoms with E-state index in [4.69, 9.17) is 75.8 Å². The van der Waals surface area contributed by atoms with Crippen molar-refractivity contribution in [2.75, 3.05) is 192 Å². The number of carbonyl (C=O) groups is 3. The third kappa shape index (κ3) is 34.7. The highest BCUT2D eigenvalue weighted by atomic mass is 16.7. The van der Waals surface area contributed by atoms with Gasteiger partial charge in [0.2, 0.25) is 5.91 Å². The van der Waals surface area contributed by atoms with Gasteiger partial charge in [0.15, 0.2) is 12.1 Å². The van der Waals surface area contributed by atoms with Gasteiger partial charge in [-0.05, 0) is 48.7 Å². The first-order valence-electron chi connectivity index (χ1n) is 26.3. The molecule has 77 heavy (non-hydrogen) atoms. The van der Waals surface area contributed by atoms with Gasteiger partial charge in [0.25, 0.3) is 0 Å². The molecule has 2 aromatic carbocycles. The number of hydrogen-bond acceptors (Lipinski definition) is 22. The number of carbonyl (C=O) groups excluding carboxylic acids is 2. The second-order valence-electron chi connectivity index (χ2n) is 17.0. The number of benzene rings is 2. The van der Waals surface area contributed by atoms with Crippen LogP contribution < -0.4 is 10.1 Å². The van der Waals surface area contributed by atoms with Crippen LogP contribution in [0.15, 0.2) is 48.5 Å². The summed E-state index contributed by atoms with van der Waals surface area (Å²) in [6.07, 6.45) is -4.52. The third-order valence-corrected chi connectivity index (χ3v) is 10.9. The van der Waals surface area contributed by atoms with Crippen LogP contribution in [0.5, 0.6) is 5.75 Å². The number of ketones is 1. The quantitative estimate of drug-likeness (QED) is 0.0584. The van der Waals surface area contributed by atoms with Gasteiger partial charge in [-0.2, -0.15) is 0 Å². The van der Waals surface area contributed by atoms with E-state index in [-0.39, 0.29) is 56.7 Å². The van der Waals surface area contributed by atoms with E-state index in [0.717, 1.165) is 11.1 Å². The van der Waals surface area contributed by atoms with Crippen LogP contribution >= 0.6 is 0 Å². The molecule has 24 heteroatoms. The van der Waals surface area contributed by atoms with E-state index >= 15 is 0 Å². The van der Waals surface area contributed by atoms with E-state index in [1.165, 1.54) is 0 Å². The molecule has 1 saturated heterocycles. The van der Waals surface area contributed by atoms with Crippen LogP contribution in [0.3, 0.4) is 0 Å². The fourth-order valence-electron chi connectivity index (χ4n) is 6.70. The van der Waals surface area contributed by atoms with Gasteiger partial charge in [0.1, 0.15) is 30.7 Å². The summed E-state index contributed by atoms with van der Waals surface area (Å²) in [5, 5.41) is 41.4. The van der Waals surface area contributed by atoms with Gasteiger partial charge in [-0.1, -0.05) is 24.3 Å². The van der Waals surface area contributed by atoms with E-state index in [2.05, 4.69) is 5.32 Å². The molecule has 2 aromatic rings. The Morgan fingerprint density at radius 1 is 0.481 bits per heavy atom. The zero-order chi connectivity index (χ0) is 55.2. The minimum atomic E-state index is -1.36. The number of carboxylic acid groups (broad SMARTS) is 1. The van der Waals surface area contributed by atoms with Crippen LogP contribution in [0.2, 0.25) is 0 Å². The summed E-state index contributed by atoms with van der Waals surface area (Å²) in [6.45, 7) is 12.8. The molecule has 440 valence electrons. The smallest absolute Gasteiger partial charge is 0.335 e. The molecule has 1 aliphatic rings. The summed E-state index contributed by atoms with van der Waals surface area (Å²) >= 11 is 0. The number of aliphatic hydroxyl groups excluding tert-OH is 3. The molecule has 1 aliphatic heterocycles. The maximum absolute atomic E-state index is 12.2. The van der Waals surface area contributed by atoms with E-state index in [1.807, 2.05) is 18.2 Å². The Hall–Kier alpha value is -3.87. The van der Waals surface area contributed by atoms with Crippen LogP contribution in [0.25, 0.3) is 11.1 Å². The minimum Gasteiger partial charge on any atom is -0.486 e. The summed E-state index contributed by atoms with van der Waals surface area (Å²) in [4.78, 5) is 35.4. The SMILES string of the molecule is C[C@@H]1O[C@@H](OCCOCCNC(=O)CCOCCOCCOCCOCCOCCOCCOCCOCCOCCOCCOCCOCCCC(=O)COc2ccc(-c3cccc(C(=O)O)c3)cc2)[C@H](O)[C@H](O)[C@H]1O. The molecule has 0 saturated carbocycles. The van der Waals surface area contributed by atoms with E-state index in [1.54, 1.807) is 37.3 Å². The number of hydrogen-bond donors (Lipinski definition) is 5. The van der Waals surface area contributed by atoms with Crippen LogP contribution in [-0.2, 0) is 80.6 Å². The highest BCUT2D eigenvalue weighted by Crippen LogP contribution is 2.24. The Kier molecular flexibility index (Phi) is 40.2. The fraction of sp³-hybridized carbons (Fsp3) is 0.717.